The molecule has 0 aromatic rings. The van der Waals surface area contributed by atoms with Crippen molar-refractivity contribution in [2.24, 2.45) is 0 Å². The van der Waals surface area contributed by atoms with Gasteiger partial charge in [-0.25, -0.2) is 0 Å². The van der Waals surface area contributed by atoms with Crippen LogP contribution in [0.1, 0.15) is 335 Å². The number of ether oxygens (including phenoxy) is 2. The molecule has 0 fully saturated rings. The van der Waals surface area contributed by atoms with Gasteiger partial charge < -0.3 is 14.6 Å². The first kappa shape index (κ1) is 73.1. The lowest BCUT2D eigenvalue weighted by Crippen LogP contribution is -2.28. The van der Waals surface area contributed by atoms with Crippen molar-refractivity contribution in [1.29, 1.82) is 0 Å². The SMILES string of the molecule is CC/C=C\C/C=C\C/C=C\C/C=C\C/C=C\C/C=C\C/C=C\CCCCCCCCCCCC(=O)OC(CO)COC(=O)CCCCCCCCCCCCCCCCCCCCCCCCCCCCCCCCC. The average Bonchev–Trinajstić information content (AvgIpc) is 3.42. The second-order valence-corrected chi connectivity index (χ2v) is 22.2. The summed E-state index contributed by atoms with van der Waals surface area (Å²) in [6.45, 7) is 4.06. The Hall–Kier alpha value is -2.92. The quantitative estimate of drug-likeness (QED) is 0.0373. The molecule has 1 N–H and O–H groups in total. The second kappa shape index (κ2) is 66.4. The highest BCUT2D eigenvalue weighted by Gasteiger charge is 2.16. The third-order valence-electron chi connectivity index (χ3n) is 14.7. The molecule has 5 nitrogen and oxygen atoms in total. The molecule has 0 aromatic heterocycles. The van der Waals surface area contributed by atoms with Gasteiger partial charge in [-0.3, -0.25) is 9.59 Å². The molecule has 0 amide bonds. The highest BCUT2D eigenvalue weighted by Crippen LogP contribution is 2.18. The standard InChI is InChI=1S/C71H126O5/c1-3-5-7-9-11-13-15-17-19-21-23-25-27-29-31-33-35-37-39-41-43-45-47-49-51-53-55-57-59-61-63-65-70(73)75-68-69(67-72)76-71(74)66-64-62-60-58-56-54-52-50-48-46-44-42-40-38-36-34-32-30-28-26-24-22-20-18-16-14-12-10-8-6-4-2/h6,8,12,14,18,20,24,26,30,32,36,38,42,44,69,72H,3-5,7,9-11,13,15-17,19,21-23,25,27-29,31,33-35,37,39-41,43,45-68H2,1-2H3/b8-6-,14-12-,20-18-,26-24-,32-30-,38-36-,44-42-. The van der Waals surface area contributed by atoms with E-state index >= 15 is 0 Å². The molecule has 0 aromatic carbocycles. The normalized spacial score (nSPS) is 12.7. The van der Waals surface area contributed by atoms with Gasteiger partial charge in [0, 0.05) is 12.8 Å². The summed E-state index contributed by atoms with van der Waals surface area (Å²) < 4.78 is 10.7. The summed E-state index contributed by atoms with van der Waals surface area (Å²) in [6.07, 6.45) is 93.1. The summed E-state index contributed by atoms with van der Waals surface area (Å²) in [4.78, 5) is 24.6. The van der Waals surface area contributed by atoms with E-state index in [4.69, 9.17) is 9.47 Å². The van der Waals surface area contributed by atoms with Crippen LogP contribution >= 0.6 is 0 Å². The Morgan fingerprint density at radius 2 is 0.566 bits per heavy atom. The van der Waals surface area contributed by atoms with E-state index in [1.54, 1.807) is 0 Å². The van der Waals surface area contributed by atoms with E-state index < -0.39 is 6.10 Å². The Morgan fingerprint density at radius 3 is 0.855 bits per heavy atom. The minimum absolute atomic E-state index is 0.0682. The molecule has 5 heteroatoms. The van der Waals surface area contributed by atoms with Crippen molar-refractivity contribution in [2.75, 3.05) is 13.2 Å². The van der Waals surface area contributed by atoms with Crippen molar-refractivity contribution in [2.45, 2.75) is 341 Å². The number of hydrogen-bond donors (Lipinski definition) is 1. The molecule has 0 rings (SSSR count). The predicted octanol–water partition coefficient (Wildman–Crippen LogP) is 22.9. The third kappa shape index (κ3) is 63.6. The smallest absolute Gasteiger partial charge is 0.306 e. The van der Waals surface area contributed by atoms with E-state index in [0.29, 0.717) is 12.8 Å². The number of aliphatic hydroxyl groups is 1. The van der Waals surface area contributed by atoms with Crippen LogP contribution in [0.3, 0.4) is 0 Å². The molecule has 1 atom stereocenters. The van der Waals surface area contributed by atoms with Gasteiger partial charge in [0.1, 0.15) is 6.61 Å². The minimum Gasteiger partial charge on any atom is -0.462 e. The van der Waals surface area contributed by atoms with Gasteiger partial charge in [-0.1, -0.05) is 336 Å². The zero-order chi connectivity index (χ0) is 54.8. The molecule has 0 spiro atoms. The molecule has 0 aliphatic rings. The molecular weight excluding hydrogens is 933 g/mol. The summed E-state index contributed by atoms with van der Waals surface area (Å²) in [5.74, 6) is -0.586. The number of allylic oxidation sites excluding steroid dienone is 14. The van der Waals surface area contributed by atoms with E-state index in [1.165, 1.54) is 218 Å². The van der Waals surface area contributed by atoms with E-state index in [1.807, 2.05) is 0 Å². The van der Waals surface area contributed by atoms with Crippen LogP contribution in [0.25, 0.3) is 0 Å². The second-order valence-electron chi connectivity index (χ2n) is 22.2. The fraction of sp³-hybridized carbons (Fsp3) is 0.775. The van der Waals surface area contributed by atoms with E-state index in [9.17, 15) is 14.7 Å². The van der Waals surface area contributed by atoms with Crippen molar-refractivity contribution in [3.63, 3.8) is 0 Å². The number of carbonyl (C=O) groups excluding carboxylic acids is 2. The zero-order valence-electron chi connectivity index (χ0n) is 50.5. The van der Waals surface area contributed by atoms with Crippen molar-refractivity contribution < 1.29 is 24.2 Å². The largest absolute Gasteiger partial charge is 0.462 e. The first-order chi connectivity index (χ1) is 37.6. The van der Waals surface area contributed by atoms with Gasteiger partial charge in [0.15, 0.2) is 6.10 Å². The fourth-order valence-corrected chi connectivity index (χ4v) is 9.78. The number of esters is 2. The highest BCUT2D eigenvalue weighted by molar-refractivity contribution is 5.70. The van der Waals surface area contributed by atoms with Crippen LogP contribution in [0.15, 0.2) is 85.1 Å². The zero-order valence-corrected chi connectivity index (χ0v) is 50.5. The Morgan fingerprint density at radius 1 is 0.316 bits per heavy atom. The van der Waals surface area contributed by atoms with Gasteiger partial charge in [-0.15, -0.1) is 0 Å². The Labute approximate surface area is 473 Å². The molecule has 1 unspecified atom stereocenters. The monoisotopic (exact) mass is 1060 g/mol. The first-order valence-electron chi connectivity index (χ1n) is 33.1. The van der Waals surface area contributed by atoms with Crippen molar-refractivity contribution in [3.05, 3.63) is 85.1 Å². The third-order valence-corrected chi connectivity index (χ3v) is 14.7. The van der Waals surface area contributed by atoms with Crippen LogP contribution in [0.2, 0.25) is 0 Å². The molecule has 0 saturated carbocycles. The van der Waals surface area contributed by atoms with Crippen LogP contribution in [-0.2, 0) is 19.1 Å². The van der Waals surface area contributed by atoms with Crippen LogP contribution in [-0.4, -0.2) is 36.4 Å². The average molecular weight is 1060 g/mol. The van der Waals surface area contributed by atoms with Gasteiger partial charge in [-0.05, 0) is 70.6 Å². The molecule has 0 radical (unpaired) electrons. The Balaban J connectivity index is 3.47. The van der Waals surface area contributed by atoms with Crippen LogP contribution in [0.4, 0.5) is 0 Å². The number of carbonyl (C=O) groups is 2. The van der Waals surface area contributed by atoms with Crippen LogP contribution in [0.5, 0.6) is 0 Å². The maximum Gasteiger partial charge on any atom is 0.306 e. The van der Waals surface area contributed by atoms with Crippen molar-refractivity contribution in [1.82, 2.24) is 0 Å². The Bertz CT molecular complexity index is 1380. The number of hydrogen-bond acceptors (Lipinski definition) is 5. The first-order valence-corrected chi connectivity index (χ1v) is 33.1. The van der Waals surface area contributed by atoms with Crippen molar-refractivity contribution >= 4 is 11.9 Å². The summed E-state index contributed by atoms with van der Waals surface area (Å²) in [7, 11) is 0. The molecule has 440 valence electrons. The van der Waals surface area contributed by atoms with Gasteiger partial charge in [0.2, 0.25) is 0 Å². The minimum atomic E-state index is -0.780. The molecule has 0 heterocycles. The maximum absolute atomic E-state index is 12.3. The lowest BCUT2D eigenvalue weighted by Gasteiger charge is -2.15. The van der Waals surface area contributed by atoms with Crippen LogP contribution < -0.4 is 0 Å². The molecular formula is C71H126O5. The molecule has 76 heavy (non-hydrogen) atoms. The van der Waals surface area contributed by atoms with E-state index in [-0.39, 0.29) is 25.2 Å². The summed E-state index contributed by atoms with van der Waals surface area (Å²) in [6, 6.07) is 0. The van der Waals surface area contributed by atoms with Gasteiger partial charge in [-0.2, -0.15) is 0 Å². The predicted molar refractivity (Wildman–Crippen MR) is 334 cm³/mol. The Kier molecular flexibility index (Phi) is 63.8. The number of rotatable bonds is 61. The van der Waals surface area contributed by atoms with E-state index in [0.717, 1.165) is 89.9 Å². The highest BCUT2D eigenvalue weighted by atomic mass is 16.6. The summed E-state index contributed by atoms with van der Waals surface area (Å²) in [5.41, 5.74) is 0. The lowest BCUT2D eigenvalue weighted by molar-refractivity contribution is -0.161. The van der Waals surface area contributed by atoms with Gasteiger partial charge in [0.25, 0.3) is 0 Å². The molecule has 0 aliphatic heterocycles. The van der Waals surface area contributed by atoms with Crippen LogP contribution in [0, 0.1) is 0 Å². The number of aliphatic hydroxyl groups excluding tert-OH is 1. The fourth-order valence-electron chi connectivity index (χ4n) is 9.78. The lowest BCUT2D eigenvalue weighted by atomic mass is 10.0. The molecule has 0 bridgehead atoms. The number of unbranched alkanes of at least 4 members (excludes halogenated alkanes) is 39. The summed E-state index contributed by atoms with van der Waals surface area (Å²) in [5, 5.41) is 9.69. The molecule has 0 saturated heterocycles. The van der Waals surface area contributed by atoms with E-state index in [2.05, 4.69) is 98.9 Å². The topological polar surface area (TPSA) is 72.8 Å². The van der Waals surface area contributed by atoms with Gasteiger partial charge >= 0.3 is 11.9 Å². The molecule has 0 aliphatic carbocycles. The van der Waals surface area contributed by atoms with Crippen molar-refractivity contribution in [3.8, 4) is 0 Å². The summed E-state index contributed by atoms with van der Waals surface area (Å²) >= 11 is 0. The maximum atomic E-state index is 12.3. The van der Waals surface area contributed by atoms with Gasteiger partial charge in [0.05, 0.1) is 6.61 Å².